The Labute approximate surface area is 141 Å². The summed E-state index contributed by atoms with van der Waals surface area (Å²) in [6.07, 6.45) is 0. The predicted octanol–water partition coefficient (Wildman–Crippen LogP) is 2.98. The van der Waals surface area contributed by atoms with Crippen LogP contribution in [-0.2, 0) is 22.3 Å². The Morgan fingerprint density at radius 1 is 1.04 bits per heavy atom. The zero-order chi connectivity index (χ0) is 16.9. The molecule has 0 aromatic heterocycles. The lowest BCUT2D eigenvalue weighted by Gasteiger charge is -2.10. The smallest absolute Gasteiger partial charge is 0.216 e. The molecule has 1 N–H and O–H groups in total. The van der Waals surface area contributed by atoms with Gasteiger partial charge in [-0.3, -0.25) is 0 Å². The Morgan fingerprint density at radius 2 is 1.65 bits per heavy atom. The molecule has 0 saturated heterocycles. The van der Waals surface area contributed by atoms with Gasteiger partial charge in [-0.15, -0.1) is 0 Å². The third kappa shape index (κ3) is 5.13. The Balaban J connectivity index is 2.09. The van der Waals surface area contributed by atoms with Gasteiger partial charge in [0.1, 0.15) is 11.5 Å². The molecule has 2 aromatic rings. The number of methoxy groups -OCH3 is 2. The van der Waals surface area contributed by atoms with Crippen LogP contribution < -0.4 is 14.2 Å². The van der Waals surface area contributed by atoms with Gasteiger partial charge in [0.15, 0.2) is 0 Å². The van der Waals surface area contributed by atoms with Crippen LogP contribution in [-0.4, -0.2) is 22.6 Å². The van der Waals surface area contributed by atoms with E-state index in [1.807, 2.05) is 0 Å². The second kappa shape index (κ2) is 7.68. The fourth-order valence-electron chi connectivity index (χ4n) is 2.03. The second-order valence-corrected chi connectivity index (χ2v) is 7.11. The summed E-state index contributed by atoms with van der Waals surface area (Å²) in [7, 11) is -0.427. The molecule has 0 aliphatic carbocycles. The molecular formula is C16H18ClNO4S. The van der Waals surface area contributed by atoms with E-state index in [9.17, 15) is 8.42 Å². The third-order valence-electron chi connectivity index (χ3n) is 3.21. The highest BCUT2D eigenvalue weighted by Gasteiger charge is 2.14. The van der Waals surface area contributed by atoms with Gasteiger partial charge in [0.05, 0.1) is 20.0 Å². The number of hydrogen-bond acceptors (Lipinski definition) is 4. The predicted molar refractivity (Wildman–Crippen MR) is 90.5 cm³/mol. The summed E-state index contributed by atoms with van der Waals surface area (Å²) in [5.41, 5.74) is 1.30. The summed E-state index contributed by atoms with van der Waals surface area (Å²) in [4.78, 5) is 0. The molecular weight excluding hydrogens is 338 g/mol. The first-order valence-corrected chi connectivity index (χ1v) is 8.89. The lowest BCUT2D eigenvalue weighted by Crippen LogP contribution is -2.24. The minimum atomic E-state index is -3.51. The molecule has 0 amide bonds. The average molecular weight is 356 g/mol. The molecule has 0 atom stereocenters. The number of ether oxygens (including phenoxy) is 2. The van der Waals surface area contributed by atoms with Crippen LogP contribution in [0.4, 0.5) is 0 Å². The van der Waals surface area contributed by atoms with Crippen molar-refractivity contribution in [3.63, 3.8) is 0 Å². The fraction of sp³-hybridized carbons (Fsp3) is 0.250. The summed E-state index contributed by atoms with van der Waals surface area (Å²) in [5.74, 6) is 1.03. The Kier molecular flexibility index (Phi) is 5.87. The molecule has 0 aliphatic rings. The average Bonchev–Trinajstić information content (AvgIpc) is 2.54. The molecule has 124 valence electrons. The quantitative estimate of drug-likeness (QED) is 0.829. The fourth-order valence-corrected chi connectivity index (χ4v) is 3.46. The molecule has 0 fully saturated rings. The summed E-state index contributed by atoms with van der Waals surface area (Å²) in [6, 6.07) is 12.1. The van der Waals surface area contributed by atoms with Crippen molar-refractivity contribution in [3.8, 4) is 11.5 Å². The van der Waals surface area contributed by atoms with Gasteiger partial charge in [0.25, 0.3) is 0 Å². The van der Waals surface area contributed by atoms with Gasteiger partial charge in [-0.2, -0.15) is 0 Å². The normalized spacial score (nSPS) is 11.3. The summed E-state index contributed by atoms with van der Waals surface area (Å²) < 4.78 is 37.3. The minimum absolute atomic E-state index is 0.139. The van der Waals surface area contributed by atoms with Crippen molar-refractivity contribution < 1.29 is 17.9 Å². The zero-order valence-corrected chi connectivity index (χ0v) is 14.4. The first-order valence-electron chi connectivity index (χ1n) is 6.86. The first kappa shape index (κ1) is 17.6. The van der Waals surface area contributed by atoms with Crippen molar-refractivity contribution >= 4 is 21.6 Å². The maximum Gasteiger partial charge on any atom is 0.216 e. The number of rotatable bonds is 7. The van der Waals surface area contributed by atoms with Crippen LogP contribution in [0.15, 0.2) is 42.5 Å². The van der Waals surface area contributed by atoms with E-state index in [4.69, 9.17) is 21.1 Å². The SMILES string of the molecule is COc1cc(CNS(=O)(=O)Cc2ccccc2Cl)cc(OC)c1. The molecule has 2 rings (SSSR count). The lowest BCUT2D eigenvalue weighted by atomic mass is 10.2. The number of nitrogens with one attached hydrogen (secondary N) is 1. The molecule has 0 saturated carbocycles. The standard InChI is InChI=1S/C16H18ClNO4S/c1-21-14-7-12(8-15(9-14)22-2)10-18-23(19,20)11-13-5-3-4-6-16(13)17/h3-9,18H,10-11H2,1-2H3. The molecule has 0 unspecified atom stereocenters. The maximum atomic E-state index is 12.2. The Hall–Kier alpha value is -1.76. The van der Waals surface area contributed by atoms with Crippen LogP contribution in [0.5, 0.6) is 11.5 Å². The van der Waals surface area contributed by atoms with Crippen molar-refractivity contribution in [3.05, 3.63) is 58.6 Å². The van der Waals surface area contributed by atoms with Crippen molar-refractivity contribution in [2.45, 2.75) is 12.3 Å². The molecule has 0 radical (unpaired) electrons. The maximum absolute atomic E-state index is 12.2. The van der Waals surface area contributed by atoms with Crippen molar-refractivity contribution in [2.24, 2.45) is 0 Å². The number of hydrogen-bond donors (Lipinski definition) is 1. The Morgan fingerprint density at radius 3 is 2.22 bits per heavy atom. The van der Waals surface area contributed by atoms with Crippen molar-refractivity contribution in [1.29, 1.82) is 0 Å². The van der Waals surface area contributed by atoms with Gasteiger partial charge in [0.2, 0.25) is 10.0 Å². The van der Waals surface area contributed by atoms with Crippen LogP contribution in [0.1, 0.15) is 11.1 Å². The molecule has 0 heterocycles. The highest BCUT2D eigenvalue weighted by Crippen LogP contribution is 2.23. The minimum Gasteiger partial charge on any atom is -0.497 e. The topological polar surface area (TPSA) is 64.6 Å². The largest absolute Gasteiger partial charge is 0.497 e. The van der Waals surface area contributed by atoms with Gasteiger partial charge >= 0.3 is 0 Å². The number of sulfonamides is 1. The molecule has 23 heavy (non-hydrogen) atoms. The number of halogens is 1. The Bertz CT molecular complexity index is 755. The van der Waals surface area contributed by atoms with Gasteiger partial charge in [-0.05, 0) is 29.3 Å². The summed E-state index contributed by atoms with van der Waals surface area (Å²) in [6.45, 7) is 0.139. The molecule has 0 aliphatic heterocycles. The van der Waals surface area contributed by atoms with Crippen molar-refractivity contribution in [2.75, 3.05) is 14.2 Å². The van der Waals surface area contributed by atoms with Crippen LogP contribution in [0.2, 0.25) is 5.02 Å². The first-order chi connectivity index (χ1) is 10.9. The third-order valence-corrected chi connectivity index (χ3v) is 4.85. The number of benzene rings is 2. The molecule has 5 nitrogen and oxygen atoms in total. The van der Waals surface area contributed by atoms with E-state index in [0.717, 1.165) is 5.56 Å². The van der Waals surface area contributed by atoms with E-state index < -0.39 is 10.0 Å². The van der Waals surface area contributed by atoms with E-state index in [2.05, 4.69) is 4.72 Å². The van der Waals surface area contributed by atoms with E-state index in [-0.39, 0.29) is 12.3 Å². The molecule has 0 spiro atoms. The van der Waals surface area contributed by atoms with Gasteiger partial charge in [0, 0.05) is 17.6 Å². The van der Waals surface area contributed by atoms with E-state index in [1.165, 1.54) is 0 Å². The lowest BCUT2D eigenvalue weighted by molar-refractivity contribution is 0.393. The van der Waals surface area contributed by atoms with Crippen molar-refractivity contribution in [1.82, 2.24) is 4.72 Å². The van der Waals surface area contributed by atoms with Crippen LogP contribution in [0.25, 0.3) is 0 Å². The highest BCUT2D eigenvalue weighted by atomic mass is 35.5. The van der Waals surface area contributed by atoms with Gasteiger partial charge in [-0.25, -0.2) is 13.1 Å². The van der Waals surface area contributed by atoms with E-state index in [1.54, 1.807) is 56.7 Å². The van der Waals surface area contributed by atoms with Crippen LogP contribution in [0, 0.1) is 0 Å². The molecule has 7 heteroatoms. The summed E-state index contributed by atoms with van der Waals surface area (Å²) >= 11 is 6.00. The zero-order valence-electron chi connectivity index (χ0n) is 12.9. The molecule has 2 aromatic carbocycles. The van der Waals surface area contributed by atoms with Gasteiger partial charge in [-0.1, -0.05) is 29.8 Å². The van der Waals surface area contributed by atoms with Crippen LogP contribution in [0.3, 0.4) is 0 Å². The highest BCUT2D eigenvalue weighted by molar-refractivity contribution is 7.88. The van der Waals surface area contributed by atoms with E-state index in [0.29, 0.717) is 22.1 Å². The monoisotopic (exact) mass is 355 g/mol. The van der Waals surface area contributed by atoms with Crippen LogP contribution >= 0.6 is 11.6 Å². The van der Waals surface area contributed by atoms with Gasteiger partial charge < -0.3 is 9.47 Å². The second-order valence-electron chi connectivity index (χ2n) is 4.89. The van der Waals surface area contributed by atoms with E-state index >= 15 is 0 Å². The molecule has 0 bridgehead atoms. The summed E-state index contributed by atoms with van der Waals surface area (Å²) in [5, 5.41) is 0.431.